The first-order valence-corrected chi connectivity index (χ1v) is 11.4. The molecule has 1 aliphatic heterocycles. The highest BCUT2D eigenvalue weighted by atomic mass is 19.1. The van der Waals surface area contributed by atoms with Gasteiger partial charge in [0.15, 0.2) is 0 Å². The predicted octanol–water partition coefficient (Wildman–Crippen LogP) is 4.37. The van der Waals surface area contributed by atoms with Crippen LogP contribution in [0.1, 0.15) is 64.4 Å². The van der Waals surface area contributed by atoms with Gasteiger partial charge in [-0.3, -0.25) is 9.18 Å². The minimum absolute atomic E-state index is 0.0340. The van der Waals surface area contributed by atoms with E-state index in [1.807, 2.05) is 0 Å². The standard InChI is InChI=1S/C25H35FN2O/c1-22(2)17-27-9-8-20(22)28-21(29)25-12-18-10-23(14-25,16-26)13-24(11-18,15-25)19-6-4-3-5-7-19/h3-7,18,20,27H,8-17H2,1-2H3,(H,28,29)/t18?,20?,23-,24?,25?/m0/s1. The van der Waals surface area contributed by atoms with Crippen LogP contribution in [0, 0.1) is 22.2 Å². The molecular weight excluding hydrogens is 363 g/mol. The van der Waals surface area contributed by atoms with Crippen LogP contribution in [0.25, 0.3) is 0 Å². The molecule has 0 spiro atoms. The third-order valence-electron chi connectivity index (χ3n) is 8.77. The van der Waals surface area contributed by atoms with Crippen molar-refractivity contribution in [3.8, 4) is 0 Å². The molecule has 1 aromatic rings. The number of carbonyl (C=O) groups excluding carboxylic acids is 1. The first-order chi connectivity index (χ1) is 13.8. The van der Waals surface area contributed by atoms with Crippen LogP contribution in [-0.2, 0) is 10.2 Å². The molecule has 4 bridgehead atoms. The van der Waals surface area contributed by atoms with Crippen molar-refractivity contribution in [2.75, 3.05) is 19.8 Å². The zero-order valence-corrected chi connectivity index (χ0v) is 17.9. The highest BCUT2D eigenvalue weighted by Crippen LogP contribution is 2.70. The summed E-state index contributed by atoms with van der Waals surface area (Å²) < 4.78 is 14.5. The zero-order chi connectivity index (χ0) is 20.3. The summed E-state index contributed by atoms with van der Waals surface area (Å²) in [4.78, 5) is 13.8. The third kappa shape index (κ3) is 3.05. The van der Waals surface area contributed by atoms with E-state index in [-0.39, 0.29) is 34.9 Å². The Hall–Kier alpha value is -1.42. The number of amides is 1. The average molecular weight is 399 g/mol. The molecule has 4 aliphatic carbocycles. The smallest absolute Gasteiger partial charge is 0.226 e. The first-order valence-electron chi connectivity index (χ1n) is 11.4. The van der Waals surface area contributed by atoms with Crippen LogP contribution in [0.4, 0.5) is 4.39 Å². The van der Waals surface area contributed by atoms with Gasteiger partial charge in [0, 0.05) is 18.0 Å². The Bertz CT molecular complexity index is 795. The van der Waals surface area contributed by atoms with E-state index < -0.39 is 5.41 Å². The summed E-state index contributed by atoms with van der Waals surface area (Å²) in [5, 5.41) is 6.93. The van der Waals surface area contributed by atoms with Gasteiger partial charge in [0.05, 0.1) is 12.1 Å². The fraction of sp³-hybridized carbons (Fsp3) is 0.720. The second-order valence-electron chi connectivity index (χ2n) is 11.5. The van der Waals surface area contributed by atoms with Gasteiger partial charge in [-0.15, -0.1) is 0 Å². The summed E-state index contributed by atoms with van der Waals surface area (Å²) in [6, 6.07) is 10.9. The Morgan fingerprint density at radius 2 is 1.93 bits per heavy atom. The lowest BCUT2D eigenvalue weighted by Gasteiger charge is -2.65. The molecule has 1 saturated heterocycles. The Kier molecular flexibility index (Phi) is 4.40. The molecule has 5 aliphatic rings. The molecular formula is C25H35FN2O. The molecule has 2 N–H and O–H groups in total. The van der Waals surface area contributed by atoms with E-state index in [2.05, 4.69) is 54.8 Å². The van der Waals surface area contributed by atoms with Crippen molar-refractivity contribution < 1.29 is 9.18 Å². The number of alkyl halides is 1. The van der Waals surface area contributed by atoms with E-state index >= 15 is 0 Å². The number of hydrogen-bond acceptors (Lipinski definition) is 2. The Morgan fingerprint density at radius 1 is 1.14 bits per heavy atom. The van der Waals surface area contributed by atoms with Crippen LogP contribution in [0.5, 0.6) is 0 Å². The van der Waals surface area contributed by atoms with E-state index in [9.17, 15) is 9.18 Å². The fourth-order valence-electron chi connectivity index (χ4n) is 7.90. The summed E-state index contributed by atoms with van der Waals surface area (Å²) in [5.41, 5.74) is 0.624. The molecule has 1 heterocycles. The maximum absolute atomic E-state index is 14.5. The molecule has 4 unspecified atom stereocenters. The molecule has 29 heavy (non-hydrogen) atoms. The maximum atomic E-state index is 14.5. The molecule has 0 radical (unpaired) electrons. The number of carbonyl (C=O) groups is 1. The van der Waals surface area contributed by atoms with Crippen LogP contribution in [-0.4, -0.2) is 31.7 Å². The van der Waals surface area contributed by atoms with E-state index in [4.69, 9.17) is 0 Å². The second kappa shape index (κ2) is 6.54. The molecule has 6 rings (SSSR count). The summed E-state index contributed by atoms with van der Waals surface area (Å²) in [5.74, 6) is 0.675. The van der Waals surface area contributed by atoms with Gasteiger partial charge in [-0.2, -0.15) is 0 Å². The van der Waals surface area contributed by atoms with Gasteiger partial charge in [0.1, 0.15) is 0 Å². The fourth-order valence-corrected chi connectivity index (χ4v) is 7.90. The van der Waals surface area contributed by atoms with Crippen molar-refractivity contribution in [3.05, 3.63) is 35.9 Å². The normalized spacial score (nSPS) is 42.6. The molecule has 5 fully saturated rings. The van der Waals surface area contributed by atoms with E-state index in [1.165, 1.54) is 5.56 Å². The predicted molar refractivity (Wildman–Crippen MR) is 113 cm³/mol. The molecule has 5 atom stereocenters. The van der Waals surface area contributed by atoms with Crippen LogP contribution < -0.4 is 10.6 Å². The van der Waals surface area contributed by atoms with Crippen molar-refractivity contribution in [1.29, 1.82) is 0 Å². The summed E-state index contributed by atoms with van der Waals surface area (Å²) in [6.45, 7) is 6.06. The lowest BCUT2D eigenvalue weighted by molar-refractivity contribution is -0.166. The highest BCUT2D eigenvalue weighted by Gasteiger charge is 2.66. The molecule has 4 heteroatoms. The SMILES string of the molecule is CC1(C)CNCCC1NC(=O)C12CC3CC(c4ccccc4)(C1)C[C@@](CF)(C3)C2. The van der Waals surface area contributed by atoms with E-state index in [1.54, 1.807) is 0 Å². The highest BCUT2D eigenvalue weighted by molar-refractivity contribution is 5.84. The minimum atomic E-state index is -0.400. The summed E-state index contributed by atoms with van der Waals surface area (Å²) >= 11 is 0. The van der Waals surface area contributed by atoms with Crippen molar-refractivity contribution in [2.45, 2.75) is 70.3 Å². The second-order valence-corrected chi connectivity index (χ2v) is 11.5. The molecule has 158 valence electrons. The van der Waals surface area contributed by atoms with Gasteiger partial charge in [-0.1, -0.05) is 44.2 Å². The van der Waals surface area contributed by atoms with Gasteiger partial charge in [-0.05, 0) is 73.8 Å². The van der Waals surface area contributed by atoms with Gasteiger partial charge in [0.2, 0.25) is 5.91 Å². The van der Waals surface area contributed by atoms with Crippen molar-refractivity contribution in [3.63, 3.8) is 0 Å². The Labute approximate surface area is 174 Å². The number of benzene rings is 1. The molecule has 0 aromatic heterocycles. The van der Waals surface area contributed by atoms with Crippen LogP contribution >= 0.6 is 0 Å². The summed E-state index contributed by atoms with van der Waals surface area (Å²) in [6.07, 6.45) is 6.53. The number of hydrogen-bond donors (Lipinski definition) is 2. The number of rotatable bonds is 4. The van der Waals surface area contributed by atoms with E-state index in [0.717, 1.165) is 58.0 Å². The average Bonchev–Trinajstić information content (AvgIpc) is 2.69. The number of halogens is 1. The lowest BCUT2D eigenvalue weighted by atomic mass is 9.38. The largest absolute Gasteiger partial charge is 0.352 e. The van der Waals surface area contributed by atoms with Crippen molar-refractivity contribution >= 4 is 5.91 Å². The van der Waals surface area contributed by atoms with Gasteiger partial charge < -0.3 is 10.6 Å². The molecule has 3 nitrogen and oxygen atoms in total. The minimum Gasteiger partial charge on any atom is -0.352 e. The van der Waals surface area contributed by atoms with Crippen LogP contribution in [0.3, 0.4) is 0 Å². The van der Waals surface area contributed by atoms with Crippen molar-refractivity contribution in [2.24, 2.45) is 22.2 Å². The number of piperidine rings is 1. The van der Waals surface area contributed by atoms with Gasteiger partial charge in [0.25, 0.3) is 0 Å². The third-order valence-corrected chi connectivity index (χ3v) is 8.77. The number of nitrogens with one attached hydrogen (secondary N) is 2. The van der Waals surface area contributed by atoms with Crippen LogP contribution in [0.2, 0.25) is 0 Å². The quantitative estimate of drug-likeness (QED) is 0.791. The molecule has 1 amide bonds. The Morgan fingerprint density at radius 3 is 2.66 bits per heavy atom. The molecule has 1 aromatic carbocycles. The van der Waals surface area contributed by atoms with Gasteiger partial charge >= 0.3 is 0 Å². The van der Waals surface area contributed by atoms with Gasteiger partial charge in [-0.25, -0.2) is 0 Å². The first kappa shape index (κ1) is 19.5. The lowest BCUT2D eigenvalue weighted by Crippen LogP contribution is -2.65. The molecule has 4 saturated carbocycles. The summed E-state index contributed by atoms with van der Waals surface area (Å²) in [7, 11) is 0. The zero-order valence-electron chi connectivity index (χ0n) is 17.9. The van der Waals surface area contributed by atoms with E-state index in [0.29, 0.717) is 5.92 Å². The Balaban J connectivity index is 1.48. The van der Waals surface area contributed by atoms with Crippen molar-refractivity contribution in [1.82, 2.24) is 10.6 Å². The maximum Gasteiger partial charge on any atom is 0.226 e. The topological polar surface area (TPSA) is 41.1 Å². The monoisotopic (exact) mass is 398 g/mol. The van der Waals surface area contributed by atoms with Crippen LogP contribution in [0.15, 0.2) is 30.3 Å².